The molecule has 3 rings (SSSR count). The van der Waals surface area contributed by atoms with Gasteiger partial charge in [0.15, 0.2) is 0 Å². The van der Waals surface area contributed by atoms with E-state index in [2.05, 4.69) is 20.9 Å². The second-order valence-corrected chi connectivity index (χ2v) is 6.27. The van der Waals surface area contributed by atoms with E-state index in [-0.39, 0.29) is 17.3 Å². The summed E-state index contributed by atoms with van der Waals surface area (Å²) in [4.78, 5) is 40.1. The summed E-state index contributed by atoms with van der Waals surface area (Å²) in [6.07, 6.45) is 0. The molecule has 0 aliphatic rings. The van der Waals surface area contributed by atoms with Crippen LogP contribution in [0.2, 0.25) is 0 Å². The molecule has 3 N–H and O–H groups in total. The van der Waals surface area contributed by atoms with Crippen molar-refractivity contribution in [1.82, 2.24) is 4.98 Å². The van der Waals surface area contributed by atoms with Crippen molar-refractivity contribution in [1.29, 1.82) is 5.26 Å². The van der Waals surface area contributed by atoms with Gasteiger partial charge >= 0.3 is 0 Å². The highest BCUT2D eigenvalue weighted by Gasteiger charge is 2.13. The summed E-state index contributed by atoms with van der Waals surface area (Å²) in [5.41, 5.74) is 2.12. The number of nitrogens with one attached hydrogen (secondary N) is 3. The van der Waals surface area contributed by atoms with E-state index < -0.39 is 11.8 Å². The van der Waals surface area contributed by atoms with Crippen molar-refractivity contribution in [2.45, 2.75) is 6.92 Å². The molecule has 3 amide bonds. The molecular weight excluding hydrogens is 382 g/mol. The lowest BCUT2D eigenvalue weighted by atomic mass is 10.2. The molecule has 0 saturated carbocycles. The minimum atomic E-state index is -0.501. The van der Waals surface area contributed by atoms with Crippen LogP contribution in [0, 0.1) is 11.3 Å². The SMILES string of the molecule is CC(=O)Nc1ccc(NC(=O)c2cccc(C(=O)Nc3cccc(C#N)c3)n2)cc1. The topological polar surface area (TPSA) is 124 Å². The number of carbonyl (C=O) groups is 3. The van der Waals surface area contributed by atoms with Gasteiger partial charge in [-0.1, -0.05) is 12.1 Å². The summed E-state index contributed by atoms with van der Waals surface area (Å²) < 4.78 is 0. The molecule has 148 valence electrons. The van der Waals surface area contributed by atoms with Crippen LogP contribution in [0.4, 0.5) is 17.1 Å². The second-order valence-electron chi connectivity index (χ2n) is 6.27. The molecule has 0 aliphatic carbocycles. The Bertz CT molecular complexity index is 1150. The third kappa shape index (κ3) is 5.27. The van der Waals surface area contributed by atoms with Crippen LogP contribution in [0.25, 0.3) is 0 Å². The lowest BCUT2D eigenvalue weighted by Gasteiger charge is -2.08. The van der Waals surface area contributed by atoms with E-state index in [4.69, 9.17) is 5.26 Å². The van der Waals surface area contributed by atoms with Gasteiger partial charge in [0.25, 0.3) is 11.8 Å². The number of benzene rings is 2. The Morgan fingerprint density at radius 1 is 0.767 bits per heavy atom. The van der Waals surface area contributed by atoms with Gasteiger partial charge in [-0.2, -0.15) is 5.26 Å². The maximum Gasteiger partial charge on any atom is 0.274 e. The van der Waals surface area contributed by atoms with Gasteiger partial charge in [-0.05, 0) is 54.6 Å². The number of amides is 3. The fourth-order valence-electron chi connectivity index (χ4n) is 2.58. The van der Waals surface area contributed by atoms with Gasteiger partial charge in [-0.15, -0.1) is 0 Å². The monoisotopic (exact) mass is 399 g/mol. The van der Waals surface area contributed by atoms with E-state index in [9.17, 15) is 14.4 Å². The average molecular weight is 399 g/mol. The highest BCUT2D eigenvalue weighted by atomic mass is 16.2. The Morgan fingerprint density at radius 3 is 1.87 bits per heavy atom. The molecule has 0 fully saturated rings. The summed E-state index contributed by atoms with van der Waals surface area (Å²) in [5, 5.41) is 16.9. The van der Waals surface area contributed by atoms with E-state index in [0.29, 0.717) is 22.6 Å². The first-order valence-corrected chi connectivity index (χ1v) is 8.92. The number of rotatable bonds is 5. The summed E-state index contributed by atoms with van der Waals surface area (Å²) in [7, 11) is 0. The molecule has 2 aromatic carbocycles. The molecule has 0 bridgehead atoms. The maximum atomic E-state index is 12.5. The number of hydrogen-bond acceptors (Lipinski definition) is 5. The van der Waals surface area contributed by atoms with Crippen LogP contribution in [0.1, 0.15) is 33.5 Å². The Balaban J connectivity index is 1.69. The fraction of sp³-hybridized carbons (Fsp3) is 0.0455. The quantitative estimate of drug-likeness (QED) is 0.606. The smallest absolute Gasteiger partial charge is 0.274 e. The number of hydrogen-bond donors (Lipinski definition) is 3. The third-order valence-corrected chi connectivity index (χ3v) is 3.93. The van der Waals surface area contributed by atoms with Crippen LogP contribution in [0.5, 0.6) is 0 Å². The summed E-state index contributed by atoms with van der Waals surface area (Å²) in [6, 6.07) is 19.6. The zero-order chi connectivity index (χ0) is 21.5. The lowest BCUT2D eigenvalue weighted by Crippen LogP contribution is -2.18. The molecule has 1 heterocycles. The van der Waals surface area contributed by atoms with Gasteiger partial charge in [-0.25, -0.2) is 4.98 Å². The Hall–Kier alpha value is -4.51. The van der Waals surface area contributed by atoms with Crippen LogP contribution >= 0.6 is 0 Å². The first kappa shape index (κ1) is 20.2. The molecule has 0 spiro atoms. The van der Waals surface area contributed by atoms with Crippen molar-refractivity contribution < 1.29 is 14.4 Å². The average Bonchev–Trinajstić information content (AvgIpc) is 2.75. The minimum absolute atomic E-state index is 0.0611. The summed E-state index contributed by atoms with van der Waals surface area (Å²) >= 11 is 0. The Kier molecular flexibility index (Phi) is 6.15. The number of nitrogens with zero attached hydrogens (tertiary/aromatic N) is 2. The number of pyridine rings is 1. The zero-order valence-electron chi connectivity index (χ0n) is 16.0. The normalized spacial score (nSPS) is 9.87. The van der Waals surface area contributed by atoms with E-state index >= 15 is 0 Å². The van der Waals surface area contributed by atoms with Crippen molar-refractivity contribution in [3.63, 3.8) is 0 Å². The van der Waals surface area contributed by atoms with Crippen molar-refractivity contribution in [3.05, 3.63) is 83.7 Å². The first-order chi connectivity index (χ1) is 14.4. The van der Waals surface area contributed by atoms with Gasteiger partial charge in [0.1, 0.15) is 11.4 Å². The predicted octanol–water partition coefficient (Wildman–Crippen LogP) is 3.42. The van der Waals surface area contributed by atoms with E-state index in [0.717, 1.165) is 0 Å². The minimum Gasteiger partial charge on any atom is -0.326 e. The largest absolute Gasteiger partial charge is 0.326 e. The molecule has 8 nitrogen and oxygen atoms in total. The standard InChI is InChI=1S/C22H17N5O3/c1-14(28)24-16-8-10-17(11-9-16)25-21(29)19-6-3-7-20(27-19)22(30)26-18-5-2-4-15(12-18)13-23/h2-12H,1H3,(H,24,28)(H,25,29)(H,26,30). The van der Waals surface area contributed by atoms with Crippen LogP contribution in [-0.2, 0) is 4.79 Å². The molecule has 0 radical (unpaired) electrons. The summed E-state index contributed by atoms with van der Waals surface area (Å²) in [5.74, 6) is -1.17. The van der Waals surface area contributed by atoms with Gasteiger partial charge < -0.3 is 16.0 Å². The van der Waals surface area contributed by atoms with Gasteiger partial charge in [0, 0.05) is 24.0 Å². The number of carbonyl (C=O) groups excluding carboxylic acids is 3. The van der Waals surface area contributed by atoms with E-state index in [1.165, 1.54) is 19.1 Å². The molecule has 3 aromatic rings. The molecule has 30 heavy (non-hydrogen) atoms. The molecular formula is C22H17N5O3. The Labute approximate surface area is 172 Å². The highest BCUT2D eigenvalue weighted by Crippen LogP contribution is 2.15. The molecule has 0 unspecified atom stereocenters. The zero-order valence-corrected chi connectivity index (χ0v) is 16.0. The van der Waals surface area contributed by atoms with Crippen LogP contribution in [0.15, 0.2) is 66.7 Å². The molecule has 1 aromatic heterocycles. The van der Waals surface area contributed by atoms with Crippen LogP contribution in [0.3, 0.4) is 0 Å². The van der Waals surface area contributed by atoms with Gasteiger partial charge in [0.2, 0.25) is 5.91 Å². The van der Waals surface area contributed by atoms with Crippen molar-refractivity contribution in [2.24, 2.45) is 0 Å². The predicted molar refractivity (Wildman–Crippen MR) is 112 cm³/mol. The second kappa shape index (κ2) is 9.12. The maximum absolute atomic E-state index is 12.5. The van der Waals surface area contributed by atoms with Crippen molar-refractivity contribution >= 4 is 34.8 Å². The van der Waals surface area contributed by atoms with Crippen molar-refractivity contribution in [2.75, 3.05) is 16.0 Å². The number of aromatic nitrogens is 1. The van der Waals surface area contributed by atoms with Crippen LogP contribution < -0.4 is 16.0 Å². The van der Waals surface area contributed by atoms with Gasteiger partial charge in [-0.3, -0.25) is 14.4 Å². The van der Waals surface area contributed by atoms with Crippen molar-refractivity contribution in [3.8, 4) is 6.07 Å². The molecule has 0 aliphatic heterocycles. The number of nitriles is 1. The number of anilines is 3. The molecule has 0 saturated heterocycles. The Morgan fingerprint density at radius 2 is 1.30 bits per heavy atom. The lowest BCUT2D eigenvalue weighted by molar-refractivity contribution is -0.114. The molecule has 0 atom stereocenters. The molecule has 8 heteroatoms. The third-order valence-electron chi connectivity index (χ3n) is 3.93. The van der Waals surface area contributed by atoms with E-state index in [1.54, 1.807) is 54.6 Å². The van der Waals surface area contributed by atoms with Crippen LogP contribution in [-0.4, -0.2) is 22.7 Å². The fourth-order valence-corrected chi connectivity index (χ4v) is 2.58. The highest BCUT2D eigenvalue weighted by molar-refractivity contribution is 6.06. The first-order valence-electron chi connectivity index (χ1n) is 8.92. The summed E-state index contributed by atoms with van der Waals surface area (Å²) in [6.45, 7) is 1.41. The van der Waals surface area contributed by atoms with E-state index in [1.807, 2.05) is 6.07 Å². The van der Waals surface area contributed by atoms with Gasteiger partial charge in [0.05, 0.1) is 11.6 Å².